The van der Waals surface area contributed by atoms with Crippen LogP contribution in [0.2, 0.25) is 0 Å². The number of unbranched alkanes of at least 4 members (excludes halogenated alkanes) is 5. The quantitative estimate of drug-likeness (QED) is 0.376. The SMILES string of the molecule is CCCCCCCCC(N=C(N)N(C)C)C(=O)O. The van der Waals surface area contributed by atoms with Crippen molar-refractivity contribution in [2.24, 2.45) is 10.7 Å². The molecular formula is C13H27N3O2. The number of hydrogen-bond acceptors (Lipinski definition) is 2. The number of aliphatic imine (C=N–C) groups is 1. The van der Waals surface area contributed by atoms with Crippen LogP contribution in [0.4, 0.5) is 0 Å². The van der Waals surface area contributed by atoms with Gasteiger partial charge in [-0.05, 0) is 6.42 Å². The van der Waals surface area contributed by atoms with E-state index in [1.807, 2.05) is 0 Å². The van der Waals surface area contributed by atoms with Gasteiger partial charge in [0.1, 0.15) is 0 Å². The number of nitrogens with two attached hydrogens (primary N) is 1. The highest BCUT2D eigenvalue weighted by atomic mass is 16.4. The third kappa shape index (κ3) is 7.92. The lowest BCUT2D eigenvalue weighted by atomic mass is 10.1. The molecule has 0 amide bonds. The molecule has 0 aromatic rings. The summed E-state index contributed by atoms with van der Waals surface area (Å²) >= 11 is 0. The zero-order valence-corrected chi connectivity index (χ0v) is 11.9. The van der Waals surface area contributed by atoms with Crippen molar-refractivity contribution in [3.63, 3.8) is 0 Å². The Hall–Kier alpha value is -1.26. The summed E-state index contributed by atoms with van der Waals surface area (Å²) in [6.45, 7) is 2.18. The number of hydrogen-bond donors (Lipinski definition) is 2. The van der Waals surface area contributed by atoms with Crippen LogP contribution in [-0.2, 0) is 4.79 Å². The molecule has 0 heterocycles. The molecule has 5 heteroatoms. The monoisotopic (exact) mass is 257 g/mol. The fourth-order valence-corrected chi connectivity index (χ4v) is 1.64. The first-order chi connectivity index (χ1) is 8.49. The average Bonchev–Trinajstić information content (AvgIpc) is 2.31. The van der Waals surface area contributed by atoms with Gasteiger partial charge in [0.05, 0.1) is 0 Å². The van der Waals surface area contributed by atoms with Crippen LogP contribution in [-0.4, -0.2) is 42.1 Å². The molecule has 0 spiro atoms. The second kappa shape index (κ2) is 9.74. The molecule has 0 fully saturated rings. The lowest BCUT2D eigenvalue weighted by Gasteiger charge is -2.14. The molecule has 0 radical (unpaired) electrons. The molecular weight excluding hydrogens is 230 g/mol. The molecule has 18 heavy (non-hydrogen) atoms. The molecule has 0 aromatic heterocycles. The molecule has 0 saturated carbocycles. The van der Waals surface area contributed by atoms with Gasteiger partial charge in [-0.25, -0.2) is 9.79 Å². The summed E-state index contributed by atoms with van der Waals surface area (Å²) in [5.41, 5.74) is 5.64. The molecule has 0 saturated heterocycles. The molecule has 1 atom stereocenters. The van der Waals surface area contributed by atoms with Crippen LogP contribution in [0.1, 0.15) is 51.9 Å². The van der Waals surface area contributed by atoms with Crippen LogP contribution >= 0.6 is 0 Å². The zero-order chi connectivity index (χ0) is 14.0. The van der Waals surface area contributed by atoms with Crippen molar-refractivity contribution >= 4 is 11.9 Å². The molecule has 0 aliphatic heterocycles. The fourth-order valence-electron chi connectivity index (χ4n) is 1.64. The van der Waals surface area contributed by atoms with Crippen molar-refractivity contribution in [2.45, 2.75) is 57.9 Å². The normalized spacial score (nSPS) is 13.4. The van der Waals surface area contributed by atoms with Gasteiger partial charge in [-0.2, -0.15) is 0 Å². The van der Waals surface area contributed by atoms with E-state index in [9.17, 15) is 4.79 Å². The molecule has 5 nitrogen and oxygen atoms in total. The van der Waals surface area contributed by atoms with Crippen LogP contribution in [0, 0.1) is 0 Å². The Kier molecular flexibility index (Phi) is 9.06. The summed E-state index contributed by atoms with van der Waals surface area (Å²) in [7, 11) is 3.50. The third-order valence-corrected chi connectivity index (χ3v) is 2.86. The first-order valence-corrected chi connectivity index (χ1v) is 6.72. The first-order valence-electron chi connectivity index (χ1n) is 6.72. The van der Waals surface area contributed by atoms with E-state index < -0.39 is 12.0 Å². The maximum atomic E-state index is 11.0. The van der Waals surface area contributed by atoms with Gasteiger partial charge in [-0.15, -0.1) is 0 Å². The molecule has 0 bridgehead atoms. The number of guanidine groups is 1. The summed E-state index contributed by atoms with van der Waals surface area (Å²) in [5, 5.41) is 9.06. The summed E-state index contributed by atoms with van der Waals surface area (Å²) in [4.78, 5) is 16.7. The third-order valence-electron chi connectivity index (χ3n) is 2.86. The van der Waals surface area contributed by atoms with Crippen molar-refractivity contribution in [2.75, 3.05) is 14.1 Å². The minimum atomic E-state index is -0.895. The smallest absolute Gasteiger partial charge is 0.328 e. The van der Waals surface area contributed by atoms with E-state index in [1.54, 1.807) is 19.0 Å². The highest BCUT2D eigenvalue weighted by molar-refractivity contribution is 5.82. The van der Waals surface area contributed by atoms with Crippen LogP contribution in [0.5, 0.6) is 0 Å². The Morgan fingerprint density at radius 1 is 1.22 bits per heavy atom. The van der Waals surface area contributed by atoms with E-state index in [0.29, 0.717) is 6.42 Å². The largest absolute Gasteiger partial charge is 0.480 e. The van der Waals surface area contributed by atoms with E-state index in [-0.39, 0.29) is 5.96 Å². The molecule has 3 N–H and O–H groups in total. The highest BCUT2D eigenvalue weighted by Gasteiger charge is 2.16. The van der Waals surface area contributed by atoms with Crippen molar-refractivity contribution < 1.29 is 9.90 Å². The summed E-state index contributed by atoms with van der Waals surface area (Å²) in [6.07, 6.45) is 7.42. The van der Waals surface area contributed by atoms with Gasteiger partial charge in [0, 0.05) is 14.1 Å². The Bertz CT molecular complexity index is 265. The van der Waals surface area contributed by atoms with Crippen LogP contribution < -0.4 is 5.73 Å². The fraction of sp³-hybridized carbons (Fsp3) is 0.846. The van der Waals surface area contributed by atoms with Gasteiger partial charge in [0.2, 0.25) is 0 Å². The summed E-state index contributed by atoms with van der Waals surface area (Å²) < 4.78 is 0. The Balaban J connectivity index is 3.99. The van der Waals surface area contributed by atoms with Crippen LogP contribution in [0.3, 0.4) is 0 Å². The van der Waals surface area contributed by atoms with Crippen molar-refractivity contribution in [3.05, 3.63) is 0 Å². The van der Waals surface area contributed by atoms with Gasteiger partial charge < -0.3 is 15.7 Å². The highest BCUT2D eigenvalue weighted by Crippen LogP contribution is 2.10. The summed E-state index contributed by atoms with van der Waals surface area (Å²) in [6, 6.07) is -0.710. The Labute approximate surface area is 110 Å². The number of carboxylic acids is 1. The van der Waals surface area contributed by atoms with Crippen molar-refractivity contribution in [1.82, 2.24) is 4.90 Å². The Morgan fingerprint density at radius 2 is 1.78 bits per heavy atom. The van der Waals surface area contributed by atoms with E-state index in [1.165, 1.54) is 25.7 Å². The van der Waals surface area contributed by atoms with E-state index in [2.05, 4.69) is 11.9 Å². The number of carboxylic acid groups (broad SMARTS) is 1. The van der Waals surface area contributed by atoms with E-state index >= 15 is 0 Å². The van der Waals surface area contributed by atoms with Gasteiger partial charge in [-0.1, -0.05) is 45.4 Å². The second-order valence-electron chi connectivity index (χ2n) is 4.79. The second-order valence-corrected chi connectivity index (χ2v) is 4.79. The minimum Gasteiger partial charge on any atom is -0.480 e. The molecule has 106 valence electrons. The molecule has 0 aliphatic carbocycles. The molecule has 0 aromatic carbocycles. The van der Waals surface area contributed by atoms with Crippen molar-refractivity contribution in [1.29, 1.82) is 0 Å². The topological polar surface area (TPSA) is 78.9 Å². The van der Waals surface area contributed by atoms with Gasteiger partial charge >= 0.3 is 5.97 Å². The first kappa shape index (κ1) is 16.7. The maximum Gasteiger partial charge on any atom is 0.328 e. The number of nitrogens with zero attached hydrogens (tertiary/aromatic N) is 2. The summed E-state index contributed by atoms with van der Waals surface area (Å²) in [5.74, 6) is -0.623. The lowest BCUT2D eigenvalue weighted by Crippen LogP contribution is -2.33. The number of carbonyl (C=O) groups is 1. The van der Waals surface area contributed by atoms with Crippen LogP contribution in [0.25, 0.3) is 0 Å². The van der Waals surface area contributed by atoms with Gasteiger partial charge in [0.15, 0.2) is 12.0 Å². The lowest BCUT2D eigenvalue weighted by molar-refractivity contribution is -0.138. The maximum absolute atomic E-state index is 11.0. The molecule has 0 rings (SSSR count). The standard InChI is InChI=1S/C13H27N3O2/c1-4-5-6-7-8-9-10-11(12(17)18)15-13(14)16(2)3/h11H,4-10H2,1-3H3,(H2,14,15)(H,17,18). The average molecular weight is 257 g/mol. The minimum absolute atomic E-state index is 0.272. The Morgan fingerprint density at radius 3 is 2.28 bits per heavy atom. The predicted molar refractivity (Wildman–Crippen MR) is 74.7 cm³/mol. The van der Waals surface area contributed by atoms with E-state index in [0.717, 1.165) is 12.8 Å². The van der Waals surface area contributed by atoms with Gasteiger partial charge in [-0.3, -0.25) is 0 Å². The molecule has 1 unspecified atom stereocenters. The van der Waals surface area contributed by atoms with Gasteiger partial charge in [0.25, 0.3) is 0 Å². The zero-order valence-electron chi connectivity index (χ0n) is 11.9. The number of rotatable bonds is 9. The van der Waals surface area contributed by atoms with Crippen LogP contribution in [0.15, 0.2) is 4.99 Å². The predicted octanol–water partition coefficient (Wildman–Crippen LogP) is 2.07. The van der Waals surface area contributed by atoms with Crippen molar-refractivity contribution in [3.8, 4) is 0 Å². The number of aliphatic carboxylic acids is 1. The van der Waals surface area contributed by atoms with E-state index in [4.69, 9.17) is 10.8 Å². The molecule has 0 aliphatic rings.